The predicted molar refractivity (Wildman–Crippen MR) is 127 cm³/mol. The van der Waals surface area contributed by atoms with Crippen molar-refractivity contribution in [2.24, 2.45) is 7.05 Å². The first kappa shape index (κ1) is 21.9. The van der Waals surface area contributed by atoms with Crippen LogP contribution in [-0.2, 0) is 7.05 Å². The molecule has 2 heterocycles. The third-order valence-corrected chi connectivity index (χ3v) is 6.03. The average Bonchev–Trinajstić information content (AvgIpc) is 3.25. The van der Waals surface area contributed by atoms with Crippen molar-refractivity contribution in [2.75, 3.05) is 38.2 Å². The maximum absolute atomic E-state index is 13.2. The molecule has 0 spiro atoms. The van der Waals surface area contributed by atoms with Gasteiger partial charge < -0.3 is 20.3 Å². The van der Waals surface area contributed by atoms with Gasteiger partial charge in [0.2, 0.25) is 0 Å². The summed E-state index contributed by atoms with van der Waals surface area (Å²) in [6.45, 7) is 7.80. The fourth-order valence-corrected chi connectivity index (χ4v) is 4.11. The second-order valence-electron chi connectivity index (χ2n) is 8.29. The molecule has 0 bridgehead atoms. The van der Waals surface area contributed by atoms with Crippen LogP contribution >= 0.6 is 0 Å². The van der Waals surface area contributed by atoms with E-state index in [1.165, 1.54) is 0 Å². The van der Waals surface area contributed by atoms with E-state index in [-0.39, 0.29) is 11.9 Å². The van der Waals surface area contributed by atoms with Gasteiger partial charge in [-0.2, -0.15) is 5.10 Å². The number of hydrogen-bond donors (Lipinski definition) is 2. The standard InChI is InChI=1S/C25H31N5O2/c1-17-5-7-21(30-11-9-26-10-12-30)14-22(17)25(31)28-18(2)19-6-8-24(32-4)23(13-19)20-15-27-29(3)16-20/h5-8,13-16,18,26H,9-12H2,1-4H3,(H,28,31)/t18-/m1/s1. The Hall–Kier alpha value is -3.32. The van der Waals surface area contributed by atoms with Gasteiger partial charge in [-0.3, -0.25) is 9.48 Å². The lowest BCUT2D eigenvalue weighted by atomic mass is 10.00. The van der Waals surface area contributed by atoms with Gasteiger partial charge in [0.05, 0.1) is 19.3 Å². The van der Waals surface area contributed by atoms with E-state index in [1.54, 1.807) is 11.8 Å². The first-order chi connectivity index (χ1) is 15.5. The molecule has 0 saturated carbocycles. The van der Waals surface area contributed by atoms with Crippen molar-refractivity contribution in [1.82, 2.24) is 20.4 Å². The van der Waals surface area contributed by atoms with Crippen LogP contribution in [0.2, 0.25) is 0 Å². The number of carbonyl (C=O) groups excluding carboxylic acids is 1. The highest BCUT2D eigenvalue weighted by atomic mass is 16.5. The van der Waals surface area contributed by atoms with Crippen molar-refractivity contribution in [2.45, 2.75) is 19.9 Å². The van der Waals surface area contributed by atoms with E-state index in [0.29, 0.717) is 5.56 Å². The number of amides is 1. The van der Waals surface area contributed by atoms with Crippen molar-refractivity contribution in [3.63, 3.8) is 0 Å². The zero-order valence-electron chi connectivity index (χ0n) is 19.2. The van der Waals surface area contributed by atoms with Crippen LogP contribution in [0, 0.1) is 6.92 Å². The van der Waals surface area contributed by atoms with Crippen LogP contribution in [0.25, 0.3) is 11.1 Å². The first-order valence-electron chi connectivity index (χ1n) is 11.0. The van der Waals surface area contributed by atoms with Crippen LogP contribution in [0.1, 0.15) is 34.5 Å². The molecule has 32 heavy (non-hydrogen) atoms. The summed E-state index contributed by atoms with van der Waals surface area (Å²) >= 11 is 0. The summed E-state index contributed by atoms with van der Waals surface area (Å²) in [5.74, 6) is 0.713. The number of aryl methyl sites for hydroxylation is 2. The van der Waals surface area contributed by atoms with Crippen LogP contribution in [-0.4, -0.2) is 49.0 Å². The summed E-state index contributed by atoms with van der Waals surface area (Å²) in [7, 11) is 3.55. The highest BCUT2D eigenvalue weighted by Gasteiger charge is 2.18. The van der Waals surface area contributed by atoms with Gasteiger partial charge in [0.15, 0.2) is 0 Å². The van der Waals surface area contributed by atoms with E-state index in [4.69, 9.17) is 4.74 Å². The summed E-state index contributed by atoms with van der Waals surface area (Å²) in [4.78, 5) is 15.5. The monoisotopic (exact) mass is 433 g/mol. The number of carbonyl (C=O) groups is 1. The van der Waals surface area contributed by atoms with Gasteiger partial charge in [-0.1, -0.05) is 12.1 Å². The Labute approximate surface area is 189 Å². The third-order valence-electron chi connectivity index (χ3n) is 6.03. The molecular weight excluding hydrogens is 402 g/mol. The van der Waals surface area contributed by atoms with Gasteiger partial charge in [0.1, 0.15) is 5.75 Å². The molecule has 1 aliphatic heterocycles. The van der Waals surface area contributed by atoms with E-state index >= 15 is 0 Å². The minimum absolute atomic E-state index is 0.0641. The molecule has 7 heteroatoms. The largest absolute Gasteiger partial charge is 0.496 e. The van der Waals surface area contributed by atoms with Gasteiger partial charge in [0.25, 0.3) is 5.91 Å². The molecule has 0 radical (unpaired) electrons. The normalized spacial score (nSPS) is 14.8. The van der Waals surface area contributed by atoms with Gasteiger partial charge in [-0.25, -0.2) is 0 Å². The summed E-state index contributed by atoms with van der Waals surface area (Å²) in [6, 6.07) is 12.0. The van der Waals surface area contributed by atoms with Gasteiger partial charge >= 0.3 is 0 Å². The Morgan fingerprint density at radius 3 is 2.66 bits per heavy atom. The summed E-state index contributed by atoms with van der Waals surface area (Å²) in [6.07, 6.45) is 3.77. The van der Waals surface area contributed by atoms with Gasteiger partial charge in [0, 0.05) is 61.8 Å². The topological polar surface area (TPSA) is 71.4 Å². The second kappa shape index (κ2) is 9.44. The SMILES string of the molecule is COc1ccc([C@@H](C)NC(=O)c2cc(N3CCNCC3)ccc2C)cc1-c1cnn(C)c1. The smallest absolute Gasteiger partial charge is 0.252 e. The molecule has 4 rings (SSSR count). The van der Waals surface area contributed by atoms with Crippen LogP contribution in [0.3, 0.4) is 0 Å². The number of nitrogens with zero attached hydrogens (tertiary/aromatic N) is 3. The minimum atomic E-state index is -0.161. The van der Waals surface area contributed by atoms with E-state index in [9.17, 15) is 4.79 Å². The Kier molecular flexibility index (Phi) is 6.46. The number of nitrogens with one attached hydrogen (secondary N) is 2. The zero-order chi connectivity index (χ0) is 22.7. The molecule has 1 saturated heterocycles. The fraction of sp³-hybridized carbons (Fsp3) is 0.360. The highest BCUT2D eigenvalue weighted by Crippen LogP contribution is 2.32. The summed E-state index contributed by atoms with van der Waals surface area (Å²) < 4.78 is 7.31. The Morgan fingerprint density at radius 2 is 1.97 bits per heavy atom. The molecular formula is C25H31N5O2. The molecule has 2 N–H and O–H groups in total. The Balaban J connectivity index is 1.55. The molecule has 3 aromatic rings. The van der Waals surface area contributed by atoms with E-state index < -0.39 is 0 Å². The molecule has 168 valence electrons. The summed E-state index contributed by atoms with van der Waals surface area (Å²) in [5.41, 5.74) is 5.72. The van der Waals surface area contributed by atoms with Crippen molar-refractivity contribution in [3.8, 4) is 16.9 Å². The maximum atomic E-state index is 13.2. The van der Waals surface area contributed by atoms with Crippen molar-refractivity contribution in [3.05, 3.63) is 65.5 Å². The molecule has 1 aromatic heterocycles. The van der Waals surface area contributed by atoms with Crippen LogP contribution in [0.4, 0.5) is 5.69 Å². The Bertz CT molecular complexity index is 1100. The zero-order valence-corrected chi connectivity index (χ0v) is 19.2. The number of piperazine rings is 1. The Morgan fingerprint density at radius 1 is 1.19 bits per heavy atom. The average molecular weight is 434 g/mol. The van der Waals surface area contributed by atoms with Crippen molar-refractivity contribution >= 4 is 11.6 Å². The molecule has 0 aliphatic carbocycles. The number of benzene rings is 2. The van der Waals surface area contributed by atoms with Crippen LogP contribution in [0.5, 0.6) is 5.75 Å². The molecule has 1 fully saturated rings. The highest BCUT2D eigenvalue weighted by molar-refractivity contribution is 5.97. The number of methoxy groups -OCH3 is 1. The molecule has 7 nitrogen and oxygen atoms in total. The molecule has 2 aromatic carbocycles. The van der Waals surface area contributed by atoms with Gasteiger partial charge in [-0.15, -0.1) is 0 Å². The lowest BCUT2D eigenvalue weighted by molar-refractivity contribution is 0.0939. The number of anilines is 1. The number of hydrogen-bond acceptors (Lipinski definition) is 5. The third kappa shape index (κ3) is 4.62. The fourth-order valence-electron chi connectivity index (χ4n) is 4.11. The van der Waals surface area contributed by atoms with E-state index in [0.717, 1.165) is 59.9 Å². The van der Waals surface area contributed by atoms with E-state index in [1.807, 2.05) is 57.6 Å². The number of ether oxygens (including phenoxy) is 1. The maximum Gasteiger partial charge on any atom is 0.252 e. The van der Waals surface area contributed by atoms with Crippen molar-refractivity contribution < 1.29 is 9.53 Å². The minimum Gasteiger partial charge on any atom is -0.496 e. The molecule has 1 atom stereocenters. The van der Waals surface area contributed by atoms with Crippen LogP contribution < -0.4 is 20.3 Å². The van der Waals surface area contributed by atoms with Crippen LogP contribution in [0.15, 0.2) is 48.8 Å². The van der Waals surface area contributed by atoms with Gasteiger partial charge in [-0.05, 0) is 49.2 Å². The molecule has 1 aliphatic rings. The van der Waals surface area contributed by atoms with E-state index in [2.05, 4.69) is 32.8 Å². The first-order valence-corrected chi connectivity index (χ1v) is 11.0. The predicted octanol–water partition coefficient (Wildman–Crippen LogP) is 3.30. The lowest BCUT2D eigenvalue weighted by Crippen LogP contribution is -2.43. The second-order valence-corrected chi connectivity index (χ2v) is 8.29. The van der Waals surface area contributed by atoms with Crippen molar-refractivity contribution in [1.29, 1.82) is 0 Å². The number of aromatic nitrogens is 2. The quantitative estimate of drug-likeness (QED) is 0.624. The summed E-state index contributed by atoms with van der Waals surface area (Å²) in [5, 5.41) is 10.8. The number of rotatable bonds is 6. The lowest BCUT2D eigenvalue weighted by Gasteiger charge is -2.30. The molecule has 0 unspecified atom stereocenters. The molecule has 1 amide bonds.